The average molecular weight is 265 g/mol. The van der Waals surface area contributed by atoms with E-state index in [0.717, 1.165) is 25.1 Å². The fourth-order valence-corrected chi connectivity index (χ4v) is 2.87. The van der Waals surface area contributed by atoms with Crippen molar-refractivity contribution in [2.24, 2.45) is 0 Å². The zero-order valence-electron chi connectivity index (χ0n) is 11.5. The fraction of sp³-hybridized carbons (Fsp3) is 0.278. The van der Waals surface area contributed by atoms with Crippen LogP contribution in [0.4, 0.5) is 0 Å². The van der Waals surface area contributed by atoms with Crippen molar-refractivity contribution >= 4 is 5.91 Å². The highest BCUT2D eigenvalue weighted by Crippen LogP contribution is 2.27. The standard InChI is InChI=1S/C18H19NO/c20-18(13-15-7-3-1-4-8-15)19-12-11-17(14-19)16-9-5-2-6-10-16/h1-10,17H,11-14H2/t17-/m1/s1. The molecule has 2 nitrogen and oxygen atoms in total. The lowest BCUT2D eigenvalue weighted by atomic mass is 9.99. The summed E-state index contributed by atoms with van der Waals surface area (Å²) in [5, 5.41) is 0. The zero-order chi connectivity index (χ0) is 13.8. The molecule has 0 N–H and O–H groups in total. The minimum atomic E-state index is 0.245. The largest absolute Gasteiger partial charge is 0.342 e. The van der Waals surface area contributed by atoms with E-state index in [1.54, 1.807) is 0 Å². The van der Waals surface area contributed by atoms with Gasteiger partial charge >= 0.3 is 0 Å². The van der Waals surface area contributed by atoms with Crippen LogP contribution in [0.3, 0.4) is 0 Å². The second-order valence-corrected chi connectivity index (χ2v) is 5.40. The van der Waals surface area contributed by atoms with Gasteiger partial charge in [-0.25, -0.2) is 0 Å². The van der Waals surface area contributed by atoms with Gasteiger partial charge < -0.3 is 4.90 Å². The molecular weight excluding hydrogens is 246 g/mol. The lowest BCUT2D eigenvalue weighted by molar-refractivity contribution is -0.129. The summed E-state index contributed by atoms with van der Waals surface area (Å²) in [5.74, 6) is 0.741. The molecular formula is C18H19NO. The van der Waals surface area contributed by atoms with Crippen LogP contribution in [0, 0.1) is 0 Å². The van der Waals surface area contributed by atoms with Gasteiger partial charge in [0, 0.05) is 19.0 Å². The van der Waals surface area contributed by atoms with E-state index in [0.29, 0.717) is 12.3 Å². The van der Waals surface area contributed by atoms with Crippen molar-refractivity contribution in [3.63, 3.8) is 0 Å². The minimum absolute atomic E-state index is 0.245. The summed E-state index contributed by atoms with van der Waals surface area (Å²) in [6, 6.07) is 20.5. The first-order chi connectivity index (χ1) is 9.83. The Kier molecular flexibility index (Phi) is 3.82. The van der Waals surface area contributed by atoms with E-state index in [1.165, 1.54) is 5.56 Å². The summed E-state index contributed by atoms with van der Waals surface area (Å²) < 4.78 is 0. The molecule has 2 aromatic carbocycles. The summed E-state index contributed by atoms with van der Waals surface area (Å²) in [7, 11) is 0. The molecule has 1 atom stereocenters. The van der Waals surface area contributed by atoms with E-state index in [9.17, 15) is 4.79 Å². The van der Waals surface area contributed by atoms with E-state index in [1.807, 2.05) is 41.3 Å². The van der Waals surface area contributed by atoms with E-state index in [-0.39, 0.29) is 5.91 Å². The Balaban J connectivity index is 1.61. The van der Waals surface area contributed by atoms with E-state index < -0.39 is 0 Å². The Hall–Kier alpha value is -2.09. The van der Waals surface area contributed by atoms with Crippen molar-refractivity contribution in [3.05, 3.63) is 71.8 Å². The van der Waals surface area contributed by atoms with E-state index in [2.05, 4.69) is 24.3 Å². The predicted molar refractivity (Wildman–Crippen MR) is 80.5 cm³/mol. The molecule has 1 fully saturated rings. The van der Waals surface area contributed by atoms with Crippen molar-refractivity contribution < 1.29 is 4.79 Å². The van der Waals surface area contributed by atoms with Crippen LogP contribution in [-0.2, 0) is 11.2 Å². The molecule has 1 heterocycles. The Labute approximate surface area is 120 Å². The van der Waals surface area contributed by atoms with Crippen LogP contribution in [-0.4, -0.2) is 23.9 Å². The van der Waals surface area contributed by atoms with Crippen molar-refractivity contribution in [1.82, 2.24) is 4.90 Å². The molecule has 20 heavy (non-hydrogen) atoms. The Morgan fingerprint density at radius 2 is 1.65 bits per heavy atom. The third kappa shape index (κ3) is 2.90. The Morgan fingerprint density at radius 3 is 2.35 bits per heavy atom. The number of amides is 1. The zero-order valence-corrected chi connectivity index (χ0v) is 11.5. The first kappa shape index (κ1) is 12.9. The van der Waals surface area contributed by atoms with Gasteiger partial charge in [-0.15, -0.1) is 0 Å². The molecule has 1 aliphatic heterocycles. The van der Waals surface area contributed by atoms with Crippen molar-refractivity contribution in [2.45, 2.75) is 18.8 Å². The van der Waals surface area contributed by atoms with Gasteiger partial charge in [0.1, 0.15) is 0 Å². The molecule has 3 rings (SSSR count). The first-order valence-electron chi connectivity index (χ1n) is 7.19. The monoisotopic (exact) mass is 265 g/mol. The van der Waals surface area contributed by atoms with Crippen molar-refractivity contribution in [1.29, 1.82) is 0 Å². The molecule has 0 aliphatic carbocycles. The number of carbonyl (C=O) groups is 1. The number of benzene rings is 2. The summed E-state index contributed by atoms with van der Waals surface area (Å²) in [6.07, 6.45) is 1.59. The SMILES string of the molecule is O=C(Cc1ccccc1)N1CC[C@@H](c2ccccc2)C1. The number of carbonyl (C=O) groups excluding carboxylic acids is 1. The Bertz CT molecular complexity index is 564. The van der Waals surface area contributed by atoms with Gasteiger partial charge in [0.25, 0.3) is 0 Å². The maximum absolute atomic E-state index is 12.3. The smallest absolute Gasteiger partial charge is 0.227 e. The van der Waals surface area contributed by atoms with Crippen LogP contribution >= 0.6 is 0 Å². The summed E-state index contributed by atoms with van der Waals surface area (Å²) in [4.78, 5) is 14.3. The quantitative estimate of drug-likeness (QED) is 0.834. The molecule has 2 aromatic rings. The number of nitrogens with zero attached hydrogens (tertiary/aromatic N) is 1. The molecule has 0 spiro atoms. The van der Waals surface area contributed by atoms with Crippen LogP contribution in [0.25, 0.3) is 0 Å². The van der Waals surface area contributed by atoms with E-state index in [4.69, 9.17) is 0 Å². The Morgan fingerprint density at radius 1 is 1.00 bits per heavy atom. The van der Waals surface area contributed by atoms with E-state index >= 15 is 0 Å². The summed E-state index contributed by atoms with van der Waals surface area (Å²) in [5.41, 5.74) is 2.45. The van der Waals surface area contributed by atoms with Crippen LogP contribution in [0.15, 0.2) is 60.7 Å². The molecule has 1 amide bonds. The van der Waals surface area contributed by atoms with Gasteiger partial charge in [-0.3, -0.25) is 4.79 Å². The van der Waals surface area contributed by atoms with Gasteiger partial charge in [0.05, 0.1) is 6.42 Å². The normalized spacial score (nSPS) is 18.2. The molecule has 1 aliphatic rings. The highest BCUT2D eigenvalue weighted by atomic mass is 16.2. The molecule has 0 unspecified atom stereocenters. The topological polar surface area (TPSA) is 20.3 Å². The second-order valence-electron chi connectivity index (χ2n) is 5.40. The van der Waals surface area contributed by atoms with Gasteiger partial charge in [-0.1, -0.05) is 60.7 Å². The third-order valence-corrected chi connectivity index (χ3v) is 4.01. The molecule has 0 saturated carbocycles. The molecule has 0 bridgehead atoms. The maximum Gasteiger partial charge on any atom is 0.227 e. The molecule has 1 saturated heterocycles. The molecule has 2 heteroatoms. The summed E-state index contributed by atoms with van der Waals surface area (Å²) in [6.45, 7) is 1.74. The predicted octanol–water partition coefficient (Wildman–Crippen LogP) is 3.25. The number of hydrogen-bond acceptors (Lipinski definition) is 1. The van der Waals surface area contributed by atoms with Gasteiger partial charge in [-0.2, -0.15) is 0 Å². The second kappa shape index (κ2) is 5.91. The van der Waals surface area contributed by atoms with Crippen molar-refractivity contribution in [2.75, 3.05) is 13.1 Å². The molecule has 0 radical (unpaired) electrons. The number of rotatable bonds is 3. The fourth-order valence-electron chi connectivity index (χ4n) is 2.87. The lowest BCUT2D eigenvalue weighted by Gasteiger charge is -2.16. The minimum Gasteiger partial charge on any atom is -0.342 e. The van der Waals surface area contributed by atoms with Crippen molar-refractivity contribution in [3.8, 4) is 0 Å². The third-order valence-electron chi connectivity index (χ3n) is 4.01. The van der Waals surface area contributed by atoms with Crippen LogP contribution in [0.5, 0.6) is 0 Å². The van der Waals surface area contributed by atoms with Crippen LogP contribution in [0.1, 0.15) is 23.5 Å². The highest BCUT2D eigenvalue weighted by Gasteiger charge is 2.26. The average Bonchev–Trinajstić information content (AvgIpc) is 2.99. The number of likely N-dealkylation sites (tertiary alicyclic amines) is 1. The lowest BCUT2D eigenvalue weighted by Crippen LogP contribution is -2.29. The molecule has 0 aromatic heterocycles. The van der Waals surface area contributed by atoms with Gasteiger partial charge in [0.15, 0.2) is 0 Å². The summed E-state index contributed by atoms with van der Waals surface area (Å²) >= 11 is 0. The van der Waals surface area contributed by atoms with Gasteiger partial charge in [-0.05, 0) is 17.5 Å². The number of hydrogen-bond donors (Lipinski definition) is 0. The highest BCUT2D eigenvalue weighted by molar-refractivity contribution is 5.79. The van der Waals surface area contributed by atoms with Crippen LogP contribution < -0.4 is 0 Å². The van der Waals surface area contributed by atoms with Crippen LogP contribution in [0.2, 0.25) is 0 Å². The van der Waals surface area contributed by atoms with Gasteiger partial charge in [0.2, 0.25) is 5.91 Å². The molecule has 102 valence electrons. The maximum atomic E-state index is 12.3. The first-order valence-corrected chi connectivity index (χ1v) is 7.19.